The Morgan fingerprint density at radius 3 is 2.72 bits per heavy atom. The van der Waals surface area contributed by atoms with Crippen LogP contribution in [0.1, 0.15) is 39.3 Å². The molecule has 32 heavy (non-hydrogen) atoms. The second-order valence-electron chi connectivity index (χ2n) is 7.75. The number of anilines is 1. The number of nitrogens with zero attached hydrogens (tertiary/aromatic N) is 2. The Morgan fingerprint density at radius 1 is 1.09 bits per heavy atom. The molecule has 0 radical (unpaired) electrons. The van der Waals surface area contributed by atoms with E-state index in [4.69, 9.17) is 5.73 Å². The molecule has 0 spiro atoms. The molecule has 1 saturated heterocycles. The third kappa shape index (κ3) is 5.28. The number of hydrogen-bond donors (Lipinski definition) is 4. The van der Waals surface area contributed by atoms with Crippen LogP contribution >= 0.6 is 0 Å². The van der Waals surface area contributed by atoms with Gasteiger partial charge in [0.1, 0.15) is 0 Å². The fourth-order valence-electron chi connectivity index (χ4n) is 3.63. The largest absolute Gasteiger partial charge is 0.382 e. The van der Waals surface area contributed by atoms with E-state index in [-0.39, 0.29) is 29.4 Å². The van der Waals surface area contributed by atoms with Crippen molar-refractivity contribution >= 4 is 17.6 Å². The first kappa shape index (κ1) is 21.5. The molecule has 1 atom stereocenters. The van der Waals surface area contributed by atoms with Gasteiger partial charge in [-0.3, -0.25) is 9.59 Å². The molecule has 1 aliphatic rings. The lowest BCUT2D eigenvalue weighted by atomic mass is 10.1. The number of benzene rings is 2. The highest BCUT2D eigenvalue weighted by atomic mass is 16.2. The highest BCUT2D eigenvalue weighted by Gasteiger charge is 2.20. The van der Waals surface area contributed by atoms with Gasteiger partial charge in [0.25, 0.3) is 11.8 Å². The summed E-state index contributed by atoms with van der Waals surface area (Å²) in [5.41, 5.74) is 8.69. The monoisotopic (exact) mass is 430 g/mol. The maximum atomic E-state index is 12.7. The second kappa shape index (κ2) is 10.0. The van der Waals surface area contributed by atoms with E-state index in [0.717, 1.165) is 31.5 Å². The summed E-state index contributed by atoms with van der Waals surface area (Å²) in [6.45, 7) is 2.11. The lowest BCUT2D eigenvalue weighted by molar-refractivity contribution is 0.0923. The van der Waals surface area contributed by atoms with Crippen LogP contribution in [0.3, 0.4) is 0 Å². The molecule has 2 amide bonds. The van der Waals surface area contributed by atoms with Crippen molar-refractivity contribution < 1.29 is 9.59 Å². The lowest BCUT2D eigenvalue weighted by Crippen LogP contribution is -2.46. The van der Waals surface area contributed by atoms with Crippen LogP contribution in [0.25, 0.3) is 11.3 Å². The van der Waals surface area contributed by atoms with Crippen molar-refractivity contribution in [2.45, 2.75) is 25.4 Å². The first-order valence-corrected chi connectivity index (χ1v) is 10.7. The summed E-state index contributed by atoms with van der Waals surface area (Å²) in [5, 5.41) is 9.14. The highest BCUT2D eigenvalue weighted by Crippen LogP contribution is 2.20. The van der Waals surface area contributed by atoms with Crippen LogP contribution in [0.5, 0.6) is 0 Å². The lowest BCUT2D eigenvalue weighted by Gasteiger charge is -2.23. The zero-order valence-corrected chi connectivity index (χ0v) is 17.7. The number of nitrogen functional groups attached to an aromatic ring is 1. The van der Waals surface area contributed by atoms with Gasteiger partial charge in [-0.2, -0.15) is 0 Å². The summed E-state index contributed by atoms with van der Waals surface area (Å²) in [7, 11) is 0. The van der Waals surface area contributed by atoms with Gasteiger partial charge in [-0.15, -0.1) is 0 Å². The van der Waals surface area contributed by atoms with Gasteiger partial charge >= 0.3 is 0 Å². The maximum absolute atomic E-state index is 12.7. The number of aromatic nitrogens is 2. The zero-order chi connectivity index (χ0) is 22.3. The van der Waals surface area contributed by atoms with Gasteiger partial charge in [0.15, 0.2) is 11.5 Å². The normalized spacial score (nSPS) is 15.7. The van der Waals surface area contributed by atoms with E-state index in [1.807, 2.05) is 36.4 Å². The van der Waals surface area contributed by atoms with Gasteiger partial charge in [-0.25, -0.2) is 9.97 Å². The zero-order valence-electron chi connectivity index (χ0n) is 17.7. The van der Waals surface area contributed by atoms with Crippen LogP contribution in [-0.2, 0) is 6.54 Å². The van der Waals surface area contributed by atoms with Crippen molar-refractivity contribution in [3.05, 3.63) is 77.6 Å². The molecule has 1 aliphatic heterocycles. The summed E-state index contributed by atoms with van der Waals surface area (Å²) in [6.07, 6.45) is 3.42. The Kier molecular flexibility index (Phi) is 6.72. The first-order valence-electron chi connectivity index (χ1n) is 10.7. The van der Waals surface area contributed by atoms with Crippen molar-refractivity contribution in [2.75, 3.05) is 18.8 Å². The van der Waals surface area contributed by atoms with E-state index in [1.54, 1.807) is 18.2 Å². The minimum atomic E-state index is -0.345. The SMILES string of the molecule is Nc1ncc(-c2cccc(C(=O)NCc3ccccc3)c2)nc1C(=O)NC1CCCNC1. The summed E-state index contributed by atoms with van der Waals surface area (Å²) in [5.74, 6) is -0.462. The van der Waals surface area contributed by atoms with E-state index in [2.05, 4.69) is 25.9 Å². The average Bonchev–Trinajstić information content (AvgIpc) is 2.84. The van der Waals surface area contributed by atoms with E-state index in [1.165, 1.54) is 6.20 Å². The standard InChI is InChI=1S/C24H26N6O2/c25-22-21(24(32)29-19-10-5-11-26-14-19)30-20(15-27-22)17-8-4-9-18(12-17)23(31)28-13-16-6-2-1-3-7-16/h1-4,6-9,12,15,19,26H,5,10-11,13-14H2,(H2,25,27)(H,28,31)(H,29,32). The predicted octanol–water partition coefficient (Wildman–Crippen LogP) is 2.14. The summed E-state index contributed by atoms with van der Waals surface area (Å²) in [6, 6.07) is 16.8. The van der Waals surface area contributed by atoms with E-state index >= 15 is 0 Å². The molecule has 1 unspecified atom stereocenters. The Hall–Kier alpha value is -3.78. The summed E-state index contributed by atoms with van der Waals surface area (Å²) < 4.78 is 0. The molecular weight excluding hydrogens is 404 g/mol. The molecule has 1 aromatic heterocycles. The van der Waals surface area contributed by atoms with Crippen LogP contribution in [0.2, 0.25) is 0 Å². The molecule has 2 heterocycles. The summed E-state index contributed by atoms with van der Waals surface area (Å²) in [4.78, 5) is 34.0. The fraction of sp³-hybridized carbons (Fsp3) is 0.250. The van der Waals surface area contributed by atoms with Gasteiger partial charge in [0.2, 0.25) is 0 Å². The maximum Gasteiger partial charge on any atom is 0.274 e. The van der Waals surface area contributed by atoms with Crippen molar-refractivity contribution in [2.24, 2.45) is 0 Å². The number of rotatable bonds is 6. The molecule has 1 fully saturated rings. The van der Waals surface area contributed by atoms with Gasteiger partial charge in [-0.05, 0) is 37.1 Å². The molecule has 164 valence electrons. The van der Waals surface area contributed by atoms with Gasteiger partial charge in [0, 0.05) is 30.3 Å². The number of piperidine rings is 1. The van der Waals surface area contributed by atoms with Crippen LogP contribution in [0, 0.1) is 0 Å². The third-order valence-corrected chi connectivity index (χ3v) is 5.36. The molecule has 0 aliphatic carbocycles. The third-order valence-electron chi connectivity index (χ3n) is 5.36. The molecular formula is C24H26N6O2. The number of carbonyl (C=O) groups is 2. The second-order valence-corrected chi connectivity index (χ2v) is 7.75. The predicted molar refractivity (Wildman–Crippen MR) is 123 cm³/mol. The number of carbonyl (C=O) groups excluding carboxylic acids is 2. The number of nitrogens with two attached hydrogens (primary N) is 1. The topological polar surface area (TPSA) is 122 Å². The highest BCUT2D eigenvalue weighted by molar-refractivity contribution is 5.97. The molecule has 4 rings (SSSR count). The van der Waals surface area contributed by atoms with Crippen LogP contribution in [0.15, 0.2) is 60.8 Å². The van der Waals surface area contributed by atoms with Gasteiger partial charge < -0.3 is 21.7 Å². The summed E-state index contributed by atoms with van der Waals surface area (Å²) >= 11 is 0. The van der Waals surface area contributed by atoms with Crippen LogP contribution in [0.4, 0.5) is 5.82 Å². The molecule has 0 bridgehead atoms. The van der Waals surface area contributed by atoms with Crippen molar-refractivity contribution in [1.29, 1.82) is 0 Å². The molecule has 5 N–H and O–H groups in total. The van der Waals surface area contributed by atoms with Crippen molar-refractivity contribution in [1.82, 2.24) is 25.9 Å². The molecule has 3 aromatic rings. The Bertz CT molecular complexity index is 1100. The molecule has 8 heteroatoms. The smallest absolute Gasteiger partial charge is 0.274 e. The van der Waals surface area contributed by atoms with Gasteiger partial charge in [0.05, 0.1) is 11.9 Å². The Balaban J connectivity index is 1.49. The van der Waals surface area contributed by atoms with Crippen molar-refractivity contribution in [3.8, 4) is 11.3 Å². The first-order chi connectivity index (χ1) is 15.6. The number of amides is 2. The minimum absolute atomic E-state index is 0.0396. The molecule has 2 aromatic carbocycles. The Labute approximate surface area is 186 Å². The van der Waals surface area contributed by atoms with Crippen molar-refractivity contribution in [3.63, 3.8) is 0 Å². The average molecular weight is 431 g/mol. The number of nitrogens with one attached hydrogen (secondary N) is 3. The van der Waals surface area contributed by atoms with Crippen LogP contribution < -0.4 is 21.7 Å². The Morgan fingerprint density at radius 2 is 1.94 bits per heavy atom. The quantitative estimate of drug-likeness (QED) is 0.475. The van der Waals surface area contributed by atoms with Gasteiger partial charge in [-0.1, -0.05) is 42.5 Å². The van der Waals surface area contributed by atoms with Crippen LogP contribution in [-0.4, -0.2) is 40.9 Å². The molecule has 8 nitrogen and oxygen atoms in total. The van der Waals surface area contributed by atoms with E-state index in [9.17, 15) is 9.59 Å². The van der Waals surface area contributed by atoms with E-state index in [0.29, 0.717) is 23.4 Å². The minimum Gasteiger partial charge on any atom is -0.382 e. The molecule has 0 saturated carbocycles. The van der Waals surface area contributed by atoms with E-state index < -0.39 is 0 Å². The number of hydrogen-bond acceptors (Lipinski definition) is 6. The fourth-order valence-corrected chi connectivity index (χ4v) is 3.63.